The van der Waals surface area contributed by atoms with Crippen LogP contribution in [0.2, 0.25) is 0 Å². The van der Waals surface area contributed by atoms with Gasteiger partial charge in [0.15, 0.2) is 0 Å². The molecule has 0 saturated carbocycles. The Morgan fingerprint density at radius 1 is 1.25 bits per heavy atom. The van der Waals surface area contributed by atoms with E-state index < -0.39 is 5.97 Å². The Hall–Kier alpha value is -1.77. The van der Waals surface area contributed by atoms with E-state index in [4.69, 9.17) is 0 Å². The molecular weight excluding hydrogens is 250 g/mol. The Balaban J connectivity index is 2.89. The van der Waals surface area contributed by atoms with Crippen molar-refractivity contribution >= 4 is 16.9 Å². The first-order chi connectivity index (χ1) is 9.36. The van der Waals surface area contributed by atoms with E-state index in [1.54, 1.807) is 0 Å². The van der Waals surface area contributed by atoms with Gasteiger partial charge >= 0.3 is 5.97 Å². The predicted octanol–water partition coefficient (Wildman–Crippen LogP) is 4.61. The molecule has 0 unspecified atom stereocenters. The highest BCUT2D eigenvalue weighted by atomic mass is 16.4. The normalized spacial score (nSPS) is 11.8. The monoisotopic (exact) mass is 273 g/mol. The van der Waals surface area contributed by atoms with Crippen LogP contribution in [-0.2, 0) is 6.42 Å². The molecule has 3 heteroatoms. The van der Waals surface area contributed by atoms with E-state index >= 15 is 0 Å². The predicted molar refractivity (Wildman–Crippen MR) is 82.7 cm³/mol. The zero-order chi connectivity index (χ0) is 15.0. The molecule has 2 rings (SSSR count). The van der Waals surface area contributed by atoms with Crippen molar-refractivity contribution in [1.29, 1.82) is 0 Å². The lowest BCUT2D eigenvalue weighted by atomic mass is 9.98. The third-order valence-corrected chi connectivity index (χ3v) is 3.84. The van der Waals surface area contributed by atoms with Gasteiger partial charge in [0, 0.05) is 17.6 Å². The fourth-order valence-corrected chi connectivity index (χ4v) is 2.76. The number of carbonyl (C=O) groups is 1. The number of rotatable bonds is 4. The van der Waals surface area contributed by atoms with Gasteiger partial charge in [-0.05, 0) is 49.4 Å². The summed E-state index contributed by atoms with van der Waals surface area (Å²) >= 11 is 0. The third-order valence-electron chi connectivity index (χ3n) is 3.84. The summed E-state index contributed by atoms with van der Waals surface area (Å²) in [4.78, 5) is 11.3. The van der Waals surface area contributed by atoms with Crippen LogP contribution in [0.25, 0.3) is 10.9 Å². The zero-order valence-corrected chi connectivity index (χ0v) is 12.9. The first-order valence-electron chi connectivity index (χ1n) is 7.27. The minimum atomic E-state index is -0.853. The number of benzene rings is 1. The number of carboxylic acids is 1. The van der Waals surface area contributed by atoms with E-state index in [-0.39, 0.29) is 0 Å². The Morgan fingerprint density at radius 2 is 1.90 bits per heavy atom. The molecule has 3 nitrogen and oxygen atoms in total. The van der Waals surface area contributed by atoms with Gasteiger partial charge in [0.25, 0.3) is 0 Å². The molecule has 108 valence electrons. The first kappa shape index (κ1) is 14.6. The molecule has 0 spiro atoms. The molecule has 0 radical (unpaired) electrons. The summed E-state index contributed by atoms with van der Waals surface area (Å²) in [5, 5.41) is 10.4. The second-order valence-corrected chi connectivity index (χ2v) is 5.93. The van der Waals surface area contributed by atoms with Crippen LogP contribution >= 0.6 is 0 Å². The highest BCUT2D eigenvalue weighted by Crippen LogP contribution is 2.33. The SMILES string of the molecule is CCc1cc(C(=O)O)cc2c(C(C)C)cn(C(C)C)c12. The van der Waals surface area contributed by atoms with Crippen molar-refractivity contribution in [1.82, 2.24) is 4.57 Å². The number of aromatic nitrogens is 1. The fourth-order valence-electron chi connectivity index (χ4n) is 2.76. The van der Waals surface area contributed by atoms with E-state index in [9.17, 15) is 9.90 Å². The number of aryl methyl sites for hydroxylation is 1. The van der Waals surface area contributed by atoms with Crippen LogP contribution in [0.3, 0.4) is 0 Å². The number of fused-ring (bicyclic) bond motifs is 1. The van der Waals surface area contributed by atoms with Crippen LogP contribution in [0.4, 0.5) is 0 Å². The number of aromatic carboxylic acids is 1. The molecule has 0 saturated heterocycles. The lowest BCUT2D eigenvalue weighted by Crippen LogP contribution is -2.03. The second kappa shape index (κ2) is 5.31. The van der Waals surface area contributed by atoms with Crippen LogP contribution in [0, 0.1) is 0 Å². The number of hydrogen-bond donors (Lipinski definition) is 1. The average Bonchev–Trinajstić information content (AvgIpc) is 2.77. The van der Waals surface area contributed by atoms with Crippen LogP contribution in [0.5, 0.6) is 0 Å². The molecule has 0 aliphatic heterocycles. The Kier molecular flexibility index (Phi) is 3.89. The molecule has 0 amide bonds. The van der Waals surface area contributed by atoms with Crippen molar-refractivity contribution in [3.63, 3.8) is 0 Å². The quantitative estimate of drug-likeness (QED) is 0.884. The van der Waals surface area contributed by atoms with E-state index in [0.717, 1.165) is 17.4 Å². The van der Waals surface area contributed by atoms with Crippen LogP contribution in [0.15, 0.2) is 18.3 Å². The van der Waals surface area contributed by atoms with Gasteiger partial charge in [0.2, 0.25) is 0 Å². The summed E-state index contributed by atoms with van der Waals surface area (Å²) in [7, 11) is 0. The molecule has 1 heterocycles. The van der Waals surface area contributed by atoms with Gasteiger partial charge in [-0.3, -0.25) is 0 Å². The molecule has 20 heavy (non-hydrogen) atoms. The molecule has 1 aromatic heterocycles. The van der Waals surface area contributed by atoms with Crippen molar-refractivity contribution in [2.75, 3.05) is 0 Å². The first-order valence-corrected chi connectivity index (χ1v) is 7.27. The Morgan fingerprint density at radius 3 is 2.35 bits per heavy atom. The highest BCUT2D eigenvalue weighted by Gasteiger charge is 2.18. The van der Waals surface area contributed by atoms with Crippen LogP contribution < -0.4 is 0 Å². The molecule has 0 fully saturated rings. The summed E-state index contributed by atoms with van der Waals surface area (Å²) < 4.78 is 2.27. The maximum Gasteiger partial charge on any atom is 0.335 e. The van der Waals surface area contributed by atoms with E-state index in [1.165, 1.54) is 11.1 Å². The maximum atomic E-state index is 11.3. The maximum absolute atomic E-state index is 11.3. The van der Waals surface area contributed by atoms with E-state index in [0.29, 0.717) is 17.5 Å². The van der Waals surface area contributed by atoms with Gasteiger partial charge in [-0.1, -0.05) is 20.8 Å². The van der Waals surface area contributed by atoms with Gasteiger partial charge in [-0.2, -0.15) is 0 Å². The van der Waals surface area contributed by atoms with E-state index in [2.05, 4.69) is 45.4 Å². The van der Waals surface area contributed by atoms with Crippen molar-refractivity contribution < 1.29 is 9.90 Å². The largest absolute Gasteiger partial charge is 0.478 e. The molecule has 2 aromatic rings. The second-order valence-electron chi connectivity index (χ2n) is 5.93. The van der Waals surface area contributed by atoms with E-state index in [1.807, 2.05) is 12.1 Å². The van der Waals surface area contributed by atoms with Gasteiger partial charge in [0.1, 0.15) is 0 Å². The molecule has 1 aromatic carbocycles. The van der Waals surface area contributed by atoms with Crippen molar-refractivity contribution in [3.8, 4) is 0 Å². The lowest BCUT2D eigenvalue weighted by Gasteiger charge is -2.12. The highest BCUT2D eigenvalue weighted by molar-refractivity contribution is 5.97. The lowest BCUT2D eigenvalue weighted by molar-refractivity contribution is 0.0697. The summed E-state index contributed by atoms with van der Waals surface area (Å²) in [6.45, 7) is 10.7. The van der Waals surface area contributed by atoms with Gasteiger partial charge in [0.05, 0.1) is 11.1 Å². The van der Waals surface area contributed by atoms with Gasteiger partial charge < -0.3 is 9.67 Å². The smallest absolute Gasteiger partial charge is 0.335 e. The number of hydrogen-bond acceptors (Lipinski definition) is 1. The molecule has 0 aliphatic rings. The molecule has 0 aliphatic carbocycles. The average molecular weight is 273 g/mol. The Bertz CT molecular complexity index is 651. The van der Waals surface area contributed by atoms with Crippen molar-refractivity contribution in [2.24, 2.45) is 0 Å². The standard InChI is InChI=1S/C17H23NO2/c1-6-12-7-13(17(19)20)8-14-15(10(2)3)9-18(11(4)5)16(12)14/h7-11H,6H2,1-5H3,(H,19,20). The Labute approximate surface area is 120 Å². The minimum absolute atomic E-state index is 0.367. The third kappa shape index (κ3) is 2.33. The molecule has 0 atom stereocenters. The van der Waals surface area contributed by atoms with Crippen LogP contribution in [0.1, 0.15) is 68.1 Å². The summed E-state index contributed by atoms with van der Waals surface area (Å²) in [5.74, 6) is -0.472. The number of nitrogens with zero attached hydrogens (tertiary/aromatic N) is 1. The minimum Gasteiger partial charge on any atom is -0.478 e. The van der Waals surface area contributed by atoms with Gasteiger partial charge in [-0.25, -0.2) is 4.79 Å². The summed E-state index contributed by atoms with van der Waals surface area (Å²) in [5.41, 5.74) is 3.92. The summed E-state index contributed by atoms with van der Waals surface area (Å²) in [6, 6.07) is 4.00. The molecule has 1 N–H and O–H groups in total. The topological polar surface area (TPSA) is 42.2 Å². The number of carboxylic acid groups (broad SMARTS) is 1. The van der Waals surface area contributed by atoms with Gasteiger partial charge in [-0.15, -0.1) is 0 Å². The summed E-state index contributed by atoms with van der Waals surface area (Å²) in [6.07, 6.45) is 3.02. The molecule has 0 bridgehead atoms. The fraction of sp³-hybridized carbons (Fsp3) is 0.471. The molecular formula is C17H23NO2. The van der Waals surface area contributed by atoms with Crippen molar-refractivity contribution in [2.45, 2.75) is 53.0 Å². The van der Waals surface area contributed by atoms with Crippen LogP contribution in [-0.4, -0.2) is 15.6 Å². The zero-order valence-electron chi connectivity index (χ0n) is 12.9. The van der Waals surface area contributed by atoms with Crippen molar-refractivity contribution in [3.05, 3.63) is 35.0 Å².